The molecule has 1 rings (SSSR count). The Morgan fingerprint density at radius 2 is 2.12 bits per heavy atom. The van der Waals surface area contributed by atoms with Gasteiger partial charge >= 0.3 is 0 Å². The van der Waals surface area contributed by atoms with Crippen molar-refractivity contribution in [2.45, 2.75) is 45.3 Å². The number of aliphatic hydroxyl groups is 1. The van der Waals surface area contributed by atoms with Crippen LogP contribution in [0.2, 0.25) is 0 Å². The molecule has 0 heterocycles. The zero-order chi connectivity index (χ0) is 12.2. The fraction of sp³-hybridized carbons (Fsp3) is 0.571. The summed E-state index contributed by atoms with van der Waals surface area (Å²) in [6, 6.07) is 8.23. The van der Waals surface area contributed by atoms with E-state index in [0.717, 1.165) is 12.0 Å². The maximum absolute atomic E-state index is 10.2. The van der Waals surface area contributed by atoms with Crippen molar-refractivity contribution in [1.29, 1.82) is 0 Å². The molecule has 0 spiro atoms. The second-order valence-electron chi connectivity index (χ2n) is 4.58. The van der Waals surface area contributed by atoms with Gasteiger partial charge in [0.05, 0.1) is 11.7 Å². The van der Waals surface area contributed by atoms with E-state index in [1.54, 1.807) is 7.11 Å². The van der Waals surface area contributed by atoms with Gasteiger partial charge in [-0.2, -0.15) is 0 Å². The normalized spacial score (nSPS) is 16.8. The van der Waals surface area contributed by atoms with Crippen molar-refractivity contribution in [3.8, 4) is 0 Å². The van der Waals surface area contributed by atoms with E-state index in [1.807, 2.05) is 26.0 Å². The topological polar surface area (TPSA) is 29.5 Å². The zero-order valence-corrected chi connectivity index (χ0v) is 10.7. The first-order valence-electron chi connectivity index (χ1n) is 5.80. The van der Waals surface area contributed by atoms with Crippen LogP contribution >= 0.6 is 0 Å². The molecule has 0 aliphatic carbocycles. The van der Waals surface area contributed by atoms with Crippen LogP contribution in [0.5, 0.6) is 0 Å². The third kappa shape index (κ3) is 3.06. The minimum Gasteiger partial charge on any atom is -0.390 e. The summed E-state index contributed by atoms with van der Waals surface area (Å²) in [6.45, 7) is 6.04. The van der Waals surface area contributed by atoms with Gasteiger partial charge in [-0.1, -0.05) is 36.8 Å². The minimum absolute atomic E-state index is 0.455. The van der Waals surface area contributed by atoms with Crippen LogP contribution in [0.15, 0.2) is 24.3 Å². The lowest BCUT2D eigenvalue weighted by molar-refractivity contribution is -0.0914. The van der Waals surface area contributed by atoms with Gasteiger partial charge in [-0.15, -0.1) is 0 Å². The largest absolute Gasteiger partial charge is 0.390 e. The number of ether oxygens (including phenoxy) is 1. The molecule has 1 aromatic rings. The summed E-state index contributed by atoms with van der Waals surface area (Å²) in [5.41, 5.74) is 1.92. The summed E-state index contributed by atoms with van der Waals surface area (Å²) >= 11 is 0. The Bertz CT molecular complexity index is 329. The van der Waals surface area contributed by atoms with Crippen LogP contribution in [0.3, 0.4) is 0 Å². The Hall–Kier alpha value is -0.860. The summed E-state index contributed by atoms with van der Waals surface area (Å²) in [7, 11) is 1.66. The van der Waals surface area contributed by atoms with E-state index in [4.69, 9.17) is 4.74 Å². The Labute approximate surface area is 98.3 Å². The van der Waals surface area contributed by atoms with Crippen LogP contribution in [0, 0.1) is 6.92 Å². The summed E-state index contributed by atoms with van der Waals surface area (Å²) in [6.07, 6.45) is 0.973. The predicted molar refractivity (Wildman–Crippen MR) is 66.6 cm³/mol. The monoisotopic (exact) mass is 222 g/mol. The van der Waals surface area contributed by atoms with Gasteiger partial charge in [-0.25, -0.2) is 0 Å². The van der Waals surface area contributed by atoms with Gasteiger partial charge in [-0.05, 0) is 25.8 Å². The van der Waals surface area contributed by atoms with Gasteiger partial charge in [0, 0.05) is 13.5 Å². The van der Waals surface area contributed by atoms with Crippen LogP contribution in [-0.2, 0) is 11.2 Å². The van der Waals surface area contributed by atoms with E-state index in [-0.39, 0.29) is 0 Å². The number of hydrogen-bond donors (Lipinski definition) is 1. The van der Waals surface area contributed by atoms with Crippen molar-refractivity contribution in [2.24, 2.45) is 0 Å². The Morgan fingerprint density at radius 1 is 1.44 bits per heavy atom. The third-order valence-electron chi connectivity index (χ3n) is 3.38. The standard InChI is InChI=1S/C14H22O2/c1-5-14(3,16-4)13(15)10-12-8-6-7-11(2)9-12/h6-9,13,15H,5,10H2,1-4H3. The first-order valence-corrected chi connectivity index (χ1v) is 5.80. The lowest BCUT2D eigenvalue weighted by Crippen LogP contribution is -2.42. The van der Waals surface area contributed by atoms with E-state index >= 15 is 0 Å². The highest BCUT2D eigenvalue weighted by Gasteiger charge is 2.30. The quantitative estimate of drug-likeness (QED) is 0.830. The highest BCUT2D eigenvalue weighted by molar-refractivity contribution is 5.23. The van der Waals surface area contributed by atoms with Gasteiger partial charge in [0.2, 0.25) is 0 Å². The first-order chi connectivity index (χ1) is 7.51. The lowest BCUT2D eigenvalue weighted by atomic mass is 9.90. The summed E-state index contributed by atoms with van der Waals surface area (Å²) in [5.74, 6) is 0. The molecular formula is C14H22O2. The van der Waals surface area contributed by atoms with Crippen molar-refractivity contribution in [2.75, 3.05) is 7.11 Å². The molecule has 2 unspecified atom stereocenters. The molecule has 0 aliphatic heterocycles. The van der Waals surface area contributed by atoms with Crippen molar-refractivity contribution in [3.05, 3.63) is 35.4 Å². The zero-order valence-electron chi connectivity index (χ0n) is 10.7. The fourth-order valence-electron chi connectivity index (χ4n) is 1.79. The van der Waals surface area contributed by atoms with E-state index < -0.39 is 11.7 Å². The summed E-state index contributed by atoms with van der Waals surface area (Å²) in [5, 5.41) is 10.2. The van der Waals surface area contributed by atoms with Crippen LogP contribution < -0.4 is 0 Å². The molecule has 0 saturated heterocycles. The smallest absolute Gasteiger partial charge is 0.0909 e. The van der Waals surface area contributed by atoms with Crippen LogP contribution in [-0.4, -0.2) is 23.9 Å². The van der Waals surface area contributed by atoms with E-state index in [9.17, 15) is 5.11 Å². The van der Waals surface area contributed by atoms with Crippen LogP contribution in [0.4, 0.5) is 0 Å². The average Bonchev–Trinajstić information content (AvgIpc) is 2.28. The fourth-order valence-corrected chi connectivity index (χ4v) is 1.79. The second kappa shape index (κ2) is 5.46. The number of aryl methyl sites for hydroxylation is 1. The molecule has 0 fully saturated rings. The Balaban J connectivity index is 2.74. The van der Waals surface area contributed by atoms with Gasteiger partial charge in [-0.3, -0.25) is 0 Å². The van der Waals surface area contributed by atoms with E-state index in [2.05, 4.69) is 19.1 Å². The molecular weight excluding hydrogens is 200 g/mol. The average molecular weight is 222 g/mol. The number of benzene rings is 1. The minimum atomic E-state index is -0.468. The predicted octanol–water partition coefficient (Wildman–Crippen LogP) is 2.71. The van der Waals surface area contributed by atoms with Crippen molar-refractivity contribution in [3.63, 3.8) is 0 Å². The molecule has 0 aromatic heterocycles. The van der Waals surface area contributed by atoms with Gasteiger partial charge in [0.15, 0.2) is 0 Å². The summed E-state index contributed by atoms with van der Waals surface area (Å²) < 4.78 is 5.40. The molecule has 16 heavy (non-hydrogen) atoms. The highest BCUT2D eigenvalue weighted by Crippen LogP contribution is 2.22. The molecule has 0 aliphatic rings. The molecule has 0 amide bonds. The van der Waals surface area contributed by atoms with Crippen molar-refractivity contribution >= 4 is 0 Å². The maximum Gasteiger partial charge on any atom is 0.0909 e. The molecule has 1 N–H and O–H groups in total. The van der Waals surface area contributed by atoms with Crippen molar-refractivity contribution < 1.29 is 9.84 Å². The van der Waals surface area contributed by atoms with Crippen molar-refractivity contribution in [1.82, 2.24) is 0 Å². The molecule has 2 nitrogen and oxygen atoms in total. The van der Waals surface area contributed by atoms with Crippen LogP contribution in [0.25, 0.3) is 0 Å². The number of hydrogen-bond acceptors (Lipinski definition) is 2. The molecule has 90 valence electrons. The molecule has 1 aromatic carbocycles. The second-order valence-corrected chi connectivity index (χ2v) is 4.58. The van der Waals surface area contributed by atoms with Crippen LogP contribution in [0.1, 0.15) is 31.4 Å². The number of rotatable bonds is 5. The molecule has 0 radical (unpaired) electrons. The first kappa shape index (κ1) is 13.2. The number of aliphatic hydroxyl groups excluding tert-OH is 1. The molecule has 0 saturated carbocycles. The number of methoxy groups -OCH3 is 1. The summed E-state index contributed by atoms with van der Waals surface area (Å²) in [4.78, 5) is 0. The van der Waals surface area contributed by atoms with Gasteiger partial charge < -0.3 is 9.84 Å². The highest BCUT2D eigenvalue weighted by atomic mass is 16.5. The Morgan fingerprint density at radius 3 is 2.62 bits per heavy atom. The SMILES string of the molecule is CCC(C)(OC)C(O)Cc1cccc(C)c1. The Kier molecular flexibility index (Phi) is 4.51. The molecule has 2 atom stereocenters. The molecule has 2 heteroatoms. The van der Waals surface area contributed by atoms with Gasteiger partial charge in [0.25, 0.3) is 0 Å². The molecule has 0 bridgehead atoms. The maximum atomic E-state index is 10.2. The lowest BCUT2D eigenvalue weighted by Gasteiger charge is -2.32. The van der Waals surface area contributed by atoms with E-state index in [1.165, 1.54) is 5.56 Å². The van der Waals surface area contributed by atoms with E-state index in [0.29, 0.717) is 6.42 Å². The third-order valence-corrected chi connectivity index (χ3v) is 3.38. The van der Waals surface area contributed by atoms with Gasteiger partial charge in [0.1, 0.15) is 0 Å².